The molecule has 0 radical (unpaired) electrons. The van der Waals surface area contributed by atoms with E-state index < -0.39 is 0 Å². The van der Waals surface area contributed by atoms with Crippen molar-refractivity contribution < 1.29 is 0 Å². The summed E-state index contributed by atoms with van der Waals surface area (Å²) in [4.78, 5) is 2.52. The summed E-state index contributed by atoms with van der Waals surface area (Å²) in [5, 5.41) is 3.51. The minimum absolute atomic E-state index is 0.177. The van der Waals surface area contributed by atoms with Crippen molar-refractivity contribution in [3.05, 3.63) is 28.2 Å². The van der Waals surface area contributed by atoms with Gasteiger partial charge in [0.25, 0.3) is 0 Å². The average Bonchev–Trinajstić information content (AvgIpc) is 2.43. The van der Waals surface area contributed by atoms with Crippen LogP contribution in [0.2, 0.25) is 0 Å². The molecule has 0 aliphatic carbocycles. The molecule has 0 unspecified atom stereocenters. The van der Waals surface area contributed by atoms with E-state index in [1.54, 1.807) is 0 Å². The molecule has 1 saturated heterocycles. The Bertz CT molecular complexity index is 401. The minimum atomic E-state index is 0.177. The van der Waals surface area contributed by atoms with E-state index in [9.17, 15) is 0 Å². The van der Waals surface area contributed by atoms with Crippen LogP contribution in [0.3, 0.4) is 0 Å². The Morgan fingerprint density at radius 1 is 1.35 bits per heavy atom. The molecule has 1 aliphatic heterocycles. The van der Waals surface area contributed by atoms with E-state index in [0.29, 0.717) is 0 Å². The molecule has 0 amide bonds. The Kier molecular flexibility index (Phi) is 3.79. The number of halogens is 1. The van der Waals surface area contributed by atoms with E-state index in [4.69, 9.17) is 0 Å². The number of rotatable bonds is 1. The molecule has 2 nitrogen and oxygen atoms in total. The van der Waals surface area contributed by atoms with E-state index in [0.717, 1.165) is 19.6 Å². The molecule has 17 heavy (non-hydrogen) atoms. The van der Waals surface area contributed by atoms with Crippen LogP contribution in [0.4, 0.5) is 5.69 Å². The van der Waals surface area contributed by atoms with Gasteiger partial charge in [0.15, 0.2) is 0 Å². The van der Waals surface area contributed by atoms with Crippen molar-refractivity contribution in [2.75, 3.05) is 24.5 Å². The lowest BCUT2D eigenvalue weighted by molar-refractivity contribution is 0.462. The van der Waals surface area contributed by atoms with Crippen LogP contribution >= 0.6 is 15.9 Å². The Morgan fingerprint density at radius 3 is 2.82 bits per heavy atom. The summed E-state index contributed by atoms with van der Waals surface area (Å²) in [5.41, 5.74) is 2.81. The molecule has 0 spiro atoms. The Hall–Kier alpha value is -0.540. The Labute approximate surface area is 113 Å². The minimum Gasteiger partial charge on any atom is -0.365 e. The maximum Gasteiger partial charge on any atom is 0.0470 e. The number of aryl methyl sites for hydroxylation is 1. The second kappa shape index (κ2) is 4.99. The lowest BCUT2D eigenvalue weighted by Gasteiger charge is -2.39. The molecule has 1 heterocycles. The highest BCUT2D eigenvalue weighted by Crippen LogP contribution is 2.28. The lowest BCUT2D eigenvalue weighted by atomic mass is 10.0. The predicted octanol–water partition coefficient (Wildman–Crippen LogP) is 3.34. The number of benzene rings is 1. The number of hydrogen-bond acceptors (Lipinski definition) is 2. The van der Waals surface area contributed by atoms with Crippen LogP contribution in [0.15, 0.2) is 22.7 Å². The maximum absolute atomic E-state index is 3.57. The largest absolute Gasteiger partial charge is 0.365 e. The second-order valence-electron chi connectivity index (χ2n) is 5.43. The van der Waals surface area contributed by atoms with Gasteiger partial charge in [0.2, 0.25) is 0 Å². The Balaban J connectivity index is 2.32. The quantitative estimate of drug-likeness (QED) is 0.855. The van der Waals surface area contributed by atoms with Gasteiger partial charge in [0.1, 0.15) is 0 Å². The van der Waals surface area contributed by atoms with Crippen LogP contribution in [0, 0.1) is 6.92 Å². The lowest BCUT2D eigenvalue weighted by Crippen LogP contribution is -2.48. The van der Waals surface area contributed by atoms with Crippen molar-refractivity contribution in [2.24, 2.45) is 0 Å². The summed E-state index contributed by atoms with van der Waals surface area (Å²) >= 11 is 3.57. The topological polar surface area (TPSA) is 15.3 Å². The molecule has 0 atom stereocenters. The first-order valence-corrected chi connectivity index (χ1v) is 7.04. The SMILES string of the molecule is Cc1cc(N2CCCNCC2(C)C)ccc1Br. The van der Waals surface area contributed by atoms with Gasteiger partial charge in [0, 0.05) is 28.8 Å². The van der Waals surface area contributed by atoms with Crippen molar-refractivity contribution in [1.82, 2.24) is 5.32 Å². The van der Waals surface area contributed by atoms with E-state index >= 15 is 0 Å². The molecule has 0 saturated carbocycles. The summed E-state index contributed by atoms with van der Waals surface area (Å²) in [6.45, 7) is 10.1. The first kappa shape index (κ1) is 12.9. The third-order valence-corrected chi connectivity index (χ3v) is 4.37. The van der Waals surface area contributed by atoms with Gasteiger partial charge >= 0.3 is 0 Å². The first-order chi connectivity index (χ1) is 8.00. The molecule has 1 fully saturated rings. The highest BCUT2D eigenvalue weighted by Gasteiger charge is 2.28. The third kappa shape index (κ3) is 2.83. The monoisotopic (exact) mass is 296 g/mol. The summed E-state index contributed by atoms with van der Waals surface area (Å²) in [6, 6.07) is 6.64. The number of nitrogens with one attached hydrogen (secondary N) is 1. The highest BCUT2D eigenvalue weighted by atomic mass is 79.9. The summed E-state index contributed by atoms with van der Waals surface area (Å²) in [7, 11) is 0. The van der Waals surface area contributed by atoms with Crippen molar-refractivity contribution >= 4 is 21.6 Å². The predicted molar refractivity (Wildman–Crippen MR) is 77.8 cm³/mol. The van der Waals surface area contributed by atoms with Crippen LogP contribution in [0.1, 0.15) is 25.8 Å². The molecule has 3 heteroatoms. The van der Waals surface area contributed by atoms with Crippen LogP contribution in [0.25, 0.3) is 0 Å². The highest BCUT2D eigenvalue weighted by molar-refractivity contribution is 9.10. The average molecular weight is 297 g/mol. The van der Waals surface area contributed by atoms with Gasteiger partial charge < -0.3 is 10.2 Å². The molecule has 1 N–H and O–H groups in total. The zero-order valence-electron chi connectivity index (χ0n) is 10.9. The molecular formula is C14H21BrN2. The molecule has 1 aromatic carbocycles. The zero-order chi connectivity index (χ0) is 12.5. The normalized spacial score (nSPS) is 20.1. The third-order valence-electron chi connectivity index (χ3n) is 3.48. The smallest absolute Gasteiger partial charge is 0.0470 e. The van der Waals surface area contributed by atoms with Gasteiger partial charge in [-0.05, 0) is 57.5 Å². The first-order valence-electron chi connectivity index (χ1n) is 6.25. The van der Waals surface area contributed by atoms with Gasteiger partial charge in [-0.3, -0.25) is 0 Å². The molecule has 94 valence electrons. The standard InChI is InChI=1S/C14H21BrN2/c1-11-9-12(5-6-13(11)15)17-8-4-7-16-10-14(17,2)3/h5-6,9,16H,4,7-8,10H2,1-3H3. The number of nitrogens with zero attached hydrogens (tertiary/aromatic N) is 1. The number of anilines is 1. The fourth-order valence-electron chi connectivity index (χ4n) is 2.43. The molecule has 1 aliphatic rings. The van der Waals surface area contributed by atoms with Crippen molar-refractivity contribution in [2.45, 2.75) is 32.7 Å². The van der Waals surface area contributed by atoms with Gasteiger partial charge in [-0.1, -0.05) is 15.9 Å². The maximum atomic E-state index is 3.57. The molecule has 0 bridgehead atoms. The van der Waals surface area contributed by atoms with E-state index in [2.05, 4.69) is 65.1 Å². The molecule has 0 aromatic heterocycles. The molecule has 2 rings (SSSR count). The van der Waals surface area contributed by atoms with Crippen molar-refractivity contribution in [3.8, 4) is 0 Å². The van der Waals surface area contributed by atoms with E-state index in [1.807, 2.05) is 0 Å². The van der Waals surface area contributed by atoms with Gasteiger partial charge in [0.05, 0.1) is 0 Å². The van der Waals surface area contributed by atoms with Crippen LogP contribution in [0.5, 0.6) is 0 Å². The van der Waals surface area contributed by atoms with Gasteiger partial charge in [-0.15, -0.1) is 0 Å². The summed E-state index contributed by atoms with van der Waals surface area (Å²) in [6.07, 6.45) is 1.21. The van der Waals surface area contributed by atoms with E-state index in [1.165, 1.54) is 22.1 Å². The van der Waals surface area contributed by atoms with E-state index in [-0.39, 0.29) is 5.54 Å². The number of hydrogen-bond donors (Lipinski definition) is 1. The van der Waals surface area contributed by atoms with Crippen LogP contribution in [-0.2, 0) is 0 Å². The fourth-order valence-corrected chi connectivity index (χ4v) is 2.68. The molecule has 1 aromatic rings. The van der Waals surface area contributed by atoms with Gasteiger partial charge in [-0.25, -0.2) is 0 Å². The zero-order valence-corrected chi connectivity index (χ0v) is 12.5. The molecular weight excluding hydrogens is 276 g/mol. The van der Waals surface area contributed by atoms with Gasteiger partial charge in [-0.2, -0.15) is 0 Å². The second-order valence-corrected chi connectivity index (χ2v) is 6.28. The summed E-state index contributed by atoms with van der Waals surface area (Å²) in [5.74, 6) is 0. The fraction of sp³-hybridized carbons (Fsp3) is 0.571. The van der Waals surface area contributed by atoms with Crippen LogP contribution in [-0.4, -0.2) is 25.2 Å². The van der Waals surface area contributed by atoms with Crippen molar-refractivity contribution in [1.29, 1.82) is 0 Å². The Morgan fingerprint density at radius 2 is 2.12 bits per heavy atom. The van der Waals surface area contributed by atoms with Crippen LogP contribution < -0.4 is 10.2 Å². The summed E-state index contributed by atoms with van der Waals surface area (Å²) < 4.78 is 1.19. The van der Waals surface area contributed by atoms with Crippen molar-refractivity contribution in [3.63, 3.8) is 0 Å².